The number of thiol groups is 1. The average molecular weight is 224 g/mol. The van der Waals surface area contributed by atoms with Gasteiger partial charge in [0.15, 0.2) is 0 Å². The lowest BCUT2D eigenvalue weighted by Crippen LogP contribution is -2.18. The molecule has 2 saturated carbocycles. The Morgan fingerprint density at radius 1 is 1.42 bits per heavy atom. The van der Waals surface area contributed by atoms with Crippen LogP contribution in [0.1, 0.15) is 25.7 Å². The first-order valence-corrected chi connectivity index (χ1v) is 8.11. The molecule has 0 spiro atoms. The second-order valence-electron chi connectivity index (χ2n) is 3.81. The van der Waals surface area contributed by atoms with Crippen molar-refractivity contribution in [3.05, 3.63) is 0 Å². The van der Waals surface area contributed by atoms with Gasteiger partial charge in [-0.25, -0.2) is 0 Å². The molecule has 4 unspecified atom stereocenters. The maximum atomic E-state index is 9.27. The minimum absolute atomic E-state index is 0.206. The molecule has 4 atom stereocenters. The molecule has 0 aromatic heterocycles. The van der Waals surface area contributed by atoms with Crippen molar-refractivity contribution < 1.29 is 9.42 Å². The van der Waals surface area contributed by atoms with Gasteiger partial charge in [-0.05, 0) is 49.3 Å². The molecule has 2 fully saturated rings. The van der Waals surface area contributed by atoms with Crippen LogP contribution in [-0.2, 0) is 16.3 Å². The Bertz CT molecular complexity index is 227. The Morgan fingerprint density at radius 3 is 2.58 bits per heavy atom. The van der Waals surface area contributed by atoms with Crippen LogP contribution in [0.25, 0.3) is 0 Å². The lowest BCUT2D eigenvalue weighted by atomic mass is 9.98. The highest BCUT2D eigenvalue weighted by molar-refractivity contribution is 8.59. The largest absolute Gasteiger partial charge is 0.338 e. The molecular weight excluding hydrogens is 211 g/mol. The van der Waals surface area contributed by atoms with E-state index in [9.17, 15) is 4.89 Å². The predicted molar refractivity (Wildman–Crippen MR) is 55.8 cm³/mol. The summed E-state index contributed by atoms with van der Waals surface area (Å²) in [4.78, 5) is 9.27. The van der Waals surface area contributed by atoms with E-state index in [4.69, 9.17) is 16.3 Å². The van der Waals surface area contributed by atoms with Crippen molar-refractivity contribution >= 4 is 29.7 Å². The van der Waals surface area contributed by atoms with Crippen LogP contribution in [0.5, 0.6) is 0 Å². The zero-order valence-electron chi connectivity index (χ0n) is 6.72. The first-order valence-electron chi connectivity index (χ1n) is 4.28. The van der Waals surface area contributed by atoms with Gasteiger partial charge in [0.2, 0.25) is 5.69 Å². The summed E-state index contributed by atoms with van der Waals surface area (Å²) in [5.41, 5.74) is -2.72. The molecule has 2 aliphatic rings. The summed E-state index contributed by atoms with van der Waals surface area (Å²) in [6.45, 7) is 0. The maximum absolute atomic E-state index is 9.27. The molecule has 12 heavy (non-hydrogen) atoms. The van der Waals surface area contributed by atoms with E-state index in [1.807, 2.05) is 0 Å². The number of hydrogen-bond donors (Lipinski definition) is 2. The van der Waals surface area contributed by atoms with E-state index in [-0.39, 0.29) is 6.10 Å². The Balaban J connectivity index is 1.95. The molecule has 70 valence electrons. The van der Waals surface area contributed by atoms with Crippen LogP contribution in [0.2, 0.25) is 0 Å². The predicted octanol–water partition coefficient (Wildman–Crippen LogP) is 2.34. The van der Waals surface area contributed by atoms with Gasteiger partial charge in [-0.3, -0.25) is 0 Å². The normalized spacial score (nSPS) is 44.7. The molecule has 2 bridgehead atoms. The molecule has 0 aromatic carbocycles. The van der Waals surface area contributed by atoms with E-state index in [0.717, 1.165) is 12.3 Å². The summed E-state index contributed by atoms with van der Waals surface area (Å²) in [6.07, 6.45) is 5.15. The van der Waals surface area contributed by atoms with E-state index >= 15 is 0 Å². The Kier molecular flexibility index (Phi) is 2.56. The van der Waals surface area contributed by atoms with Crippen molar-refractivity contribution in [3.63, 3.8) is 0 Å². The third kappa shape index (κ3) is 2.05. The van der Waals surface area contributed by atoms with Crippen molar-refractivity contribution in [2.45, 2.75) is 31.8 Å². The highest BCUT2D eigenvalue weighted by atomic mass is 32.9. The van der Waals surface area contributed by atoms with Crippen LogP contribution in [-0.4, -0.2) is 11.0 Å². The van der Waals surface area contributed by atoms with Crippen molar-refractivity contribution in [3.8, 4) is 0 Å². The van der Waals surface area contributed by atoms with Gasteiger partial charge in [0, 0.05) is 0 Å². The van der Waals surface area contributed by atoms with Crippen LogP contribution >= 0.6 is 17.9 Å². The highest BCUT2D eigenvalue weighted by Gasteiger charge is 2.41. The monoisotopic (exact) mass is 224 g/mol. The molecule has 1 N–H and O–H groups in total. The SMILES string of the molecule is OP(=S)(S)OC1CC2CCC1C2. The summed E-state index contributed by atoms with van der Waals surface area (Å²) >= 11 is 8.63. The first-order chi connectivity index (χ1) is 5.54. The topological polar surface area (TPSA) is 29.5 Å². The zero-order valence-corrected chi connectivity index (χ0v) is 9.32. The van der Waals surface area contributed by atoms with Crippen LogP contribution < -0.4 is 0 Å². The molecule has 0 heterocycles. The van der Waals surface area contributed by atoms with Gasteiger partial charge in [-0.1, -0.05) is 12.2 Å². The molecule has 0 aliphatic heterocycles. The smallest absolute Gasteiger partial charge is 0.241 e. The fourth-order valence-electron chi connectivity index (χ4n) is 2.49. The summed E-state index contributed by atoms with van der Waals surface area (Å²) < 4.78 is 5.38. The quantitative estimate of drug-likeness (QED) is 0.557. The van der Waals surface area contributed by atoms with Crippen molar-refractivity contribution in [1.82, 2.24) is 0 Å². The fourth-order valence-corrected chi connectivity index (χ4v) is 3.80. The van der Waals surface area contributed by atoms with E-state index in [1.54, 1.807) is 0 Å². The molecule has 5 heteroatoms. The van der Waals surface area contributed by atoms with Gasteiger partial charge < -0.3 is 9.42 Å². The van der Waals surface area contributed by atoms with Gasteiger partial charge >= 0.3 is 0 Å². The van der Waals surface area contributed by atoms with Crippen molar-refractivity contribution in [2.24, 2.45) is 11.8 Å². The second kappa shape index (κ2) is 3.25. The summed E-state index contributed by atoms with van der Waals surface area (Å²) in [5.74, 6) is 1.48. The molecule has 0 amide bonds. The van der Waals surface area contributed by atoms with Gasteiger partial charge in [0.1, 0.15) is 0 Å². The van der Waals surface area contributed by atoms with Gasteiger partial charge in [0.05, 0.1) is 6.10 Å². The van der Waals surface area contributed by atoms with Crippen LogP contribution in [0, 0.1) is 11.8 Å². The number of fused-ring (bicyclic) bond motifs is 2. The Morgan fingerprint density at radius 2 is 2.17 bits per heavy atom. The second-order valence-corrected chi connectivity index (χ2v) is 8.92. The zero-order chi connectivity index (χ0) is 8.77. The van der Waals surface area contributed by atoms with Gasteiger partial charge in [-0.15, -0.1) is 0 Å². The van der Waals surface area contributed by atoms with Crippen molar-refractivity contribution in [2.75, 3.05) is 0 Å². The third-order valence-electron chi connectivity index (χ3n) is 2.95. The molecular formula is C7H13O2PS2. The third-order valence-corrected chi connectivity index (χ3v) is 4.03. The lowest BCUT2D eigenvalue weighted by Gasteiger charge is -2.24. The van der Waals surface area contributed by atoms with Crippen LogP contribution in [0.4, 0.5) is 0 Å². The molecule has 0 radical (unpaired) electrons. The van der Waals surface area contributed by atoms with E-state index in [1.165, 1.54) is 19.3 Å². The standard InChI is InChI=1S/C7H13O2PS2/c8-10(11,12)9-7-4-5-1-2-6(7)3-5/h5-7H,1-4H2,(H2,8,11,12). The first kappa shape index (κ1) is 9.47. The summed E-state index contributed by atoms with van der Waals surface area (Å²) in [7, 11) is 0. The Labute approximate surface area is 83.0 Å². The van der Waals surface area contributed by atoms with Gasteiger partial charge in [0.25, 0.3) is 0 Å². The van der Waals surface area contributed by atoms with Crippen LogP contribution in [0.15, 0.2) is 0 Å². The summed E-state index contributed by atoms with van der Waals surface area (Å²) in [5, 5.41) is 0. The molecule has 0 saturated heterocycles. The highest BCUT2D eigenvalue weighted by Crippen LogP contribution is 2.55. The Hall–Kier alpha value is 0.920. The molecule has 0 aromatic rings. The fraction of sp³-hybridized carbons (Fsp3) is 1.00. The molecule has 2 nitrogen and oxygen atoms in total. The van der Waals surface area contributed by atoms with E-state index in [2.05, 4.69) is 12.2 Å². The number of rotatable bonds is 2. The minimum Gasteiger partial charge on any atom is -0.338 e. The minimum atomic E-state index is -2.72. The maximum Gasteiger partial charge on any atom is 0.241 e. The van der Waals surface area contributed by atoms with E-state index < -0.39 is 5.69 Å². The van der Waals surface area contributed by atoms with E-state index in [0.29, 0.717) is 5.92 Å². The molecule has 2 aliphatic carbocycles. The average Bonchev–Trinajstić information content (AvgIpc) is 2.42. The summed E-state index contributed by atoms with van der Waals surface area (Å²) in [6, 6.07) is 0. The van der Waals surface area contributed by atoms with Crippen molar-refractivity contribution in [1.29, 1.82) is 0 Å². The molecule has 2 rings (SSSR count). The number of hydrogen-bond acceptors (Lipinski definition) is 2. The van der Waals surface area contributed by atoms with Crippen LogP contribution in [0.3, 0.4) is 0 Å². The van der Waals surface area contributed by atoms with Gasteiger partial charge in [-0.2, -0.15) is 0 Å². The lowest BCUT2D eigenvalue weighted by molar-refractivity contribution is 0.144.